The predicted octanol–water partition coefficient (Wildman–Crippen LogP) is 2.01. The van der Waals surface area contributed by atoms with Crippen molar-refractivity contribution in [1.82, 2.24) is 14.4 Å². The lowest BCUT2D eigenvalue weighted by atomic mass is 10.2. The minimum absolute atomic E-state index is 0.0627. The van der Waals surface area contributed by atoms with Gasteiger partial charge in [-0.3, -0.25) is 9.59 Å². The maximum absolute atomic E-state index is 12.8. The van der Waals surface area contributed by atoms with E-state index in [0.717, 1.165) is 10.9 Å². The standard InChI is InChI=1S/C21H21N3O5/c1-28-21(27)16-13-24(17-6-3-2-5-15(16)17)14-19(25)22-8-10-23(11-9-22)20(26)18-7-4-12-29-18/h2-7,12-13H,8-11,14H2,1H3. The number of esters is 1. The van der Waals surface area contributed by atoms with Gasteiger partial charge in [-0.05, 0) is 18.2 Å². The van der Waals surface area contributed by atoms with Gasteiger partial charge in [0.2, 0.25) is 5.91 Å². The molecule has 0 N–H and O–H groups in total. The number of furan rings is 1. The normalized spacial score (nSPS) is 14.2. The van der Waals surface area contributed by atoms with Gasteiger partial charge in [-0.2, -0.15) is 0 Å². The third-order valence-electron chi connectivity index (χ3n) is 5.15. The molecule has 1 aliphatic rings. The van der Waals surface area contributed by atoms with Crippen LogP contribution in [0.3, 0.4) is 0 Å². The lowest BCUT2D eigenvalue weighted by Crippen LogP contribution is -2.51. The van der Waals surface area contributed by atoms with E-state index in [1.165, 1.54) is 13.4 Å². The van der Waals surface area contributed by atoms with Crippen molar-refractivity contribution in [2.24, 2.45) is 0 Å². The molecule has 1 aliphatic heterocycles. The number of fused-ring (bicyclic) bond motifs is 1. The quantitative estimate of drug-likeness (QED) is 0.631. The summed E-state index contributed by atoms with van der Waals surface area (Å²) in [6.07, 6.45) is 3.13. The molecule has 3 heterocycles. The summed E-state index contributed by atoms with van der Waals surface area (Å²) in [6.45, 7) is 1.92. The fraction of sp³-hybridized carbons (Fsp3) is 0.286. The molecular weight excluding hydrogens is 374 g/mol. The van der Waals surface area contributed by atoms with Gasteiger partial charge in [0, 0.05) is 43.3 Å². The van der Waals surface area contributed by atoms with E-state index in [-0.39, 0.29) is 18.4 Å². The Morgan fingerprint density at radius 2 is 1.72 bits per heavy atom. The number of benzene rings is 1. The van der Waals surface area contributed by atoms with Crippen molar-refractivity contribution in [3.63, 3.8) is 0 Å². The molecule has 1 saturated heterocycles. The topological polar surface area (TPSA) is 85.0 Å². The number of carbonyl (C=O) groups excluding carboxylic acids is 3. The summed E-state index contributed by atoms with van der Waals surface area (Å²) in [7, 11) is 1.34. The second-order valence-corrected chi connectivity index (χ2v) is 6.83. The minimum Gasteiger partial charge on any atom is -0.465 e. The predicted molar refractivity (Wildman–Crippen MR) is 104 cm³/mol. The zero-order chi connectivity index (χ0) is 20.4. The van der Waals surface area contributed by atoms with Crippen molar-refractivity contribution >= 4 is 28.7 Å². The molecule has 2 amide bonds. The lowest BCUT2D eigenvalue weighted by Gasteiger charge is -2.34. The van der Waals surface area contributed by atoms with E-state index in [9.17, 15) is 14.4 Å². The smallest absolute Gasteiger partial charge is 0.340 e. The number of para-hydroxylation sites is 1. The third kappa shape index (κ3) is 3.61. The molecule has 8 heteroatoms. The summed E-state index contributed by atoms with van der Waals surface area (Å²) in [6, 6.07) is 10.7. The molecule has 0 saturated carbocycles. The minimum atomic E-state index is -0.433. The average Bonchev–Trinajstić information content (AvgIpc) is 3.42. The Morgan fingerprint density at radius 1 is 1.00 bits per heavy atom. The number of carbonyl (C=O) groups is 3. The molecule has 0 bridgehead atoms. The number of methoxy groups -OCH3 is 1. The molecule has 0 spiro atoms. The fourth-order valence-corrected chi connectivity index (χ4v) is 3.61. The van der Waals surface area contributed by atoms with Crippen molar-refractivity contribution < 1.29 is 23.5 Å². The molecule has 8 nitrogen and oxygen atoms in total. The first-order valence-electron chi connectivity index (χ1n) is 9.35. The highest BCUT2D eigenvalue weighted by molar-refractivity contribution is 6.04. The van der Waals surface area contributed by atoms with Crippen molar-refractivity contribution in [1.29, 1.82) is 0 Å². The maximum Gasteiger partial charge on any atom is 0.340 e. The molecule has 1 fully saturated rings. The number of nitrogens with zero attached hydrogens (tertiary/aromatic N) is 3. The molecule has 0 aliphatic carbocycles. The number of hydrogen-bond acceptors (Lipinski definition) is 5. The number of aromatic nitrogens is 1. The van der Waals surface area contributed by atoms with Gasteiger partial charge in [0.15, 0.2) is 5.76 Å². The van der Waals surface area contributed by atoms with Crippen LogP contribution in [0.4, 0.5) is 0 Å². The lowest BCUT2D eigenvalue weighted by molar-refractivity contribution is -0.133. The Morgan fingerprint density at radius 3 is 2.41 bits per heavy atom. The van der Waals surface area contributed by atoms with E-state index in [4.69, 9.17) is 9.15 Å². The van der Waals surface area contributed by atoms with E-state index in [0.29, 0.717) is 37.5 Å². The molecule has 2 aromatic heterocycles. The summed E-state index contributed by atoms with van der Waals surface area (Å²) < 4.78 is 11.8. The first-order valence-corrected chi connectivity index (χ1v) is 9.35. The SMILES string of the molecule is COC(=O)c1cn(CC(=O)N2CCN(C(=O)c3ccco3)CC2)c2ccccc12. The Labute approximate surface area is 167 Å². The van der Waals surface area contributed by atoms with Crippen LogP contribution in [0.1, 0.15) is 20.9 Å². The molecule has 0 radical (unpaired) electrons. The largest absolute Gasteiger partial charge is 0.465 e. The Kier molecular flexibility index (Phi) is 5.07. The Hall–Kier alpha value is -3.55. The van der Waals surface area contributed by atoms with Gasteiger partial charge in [-0.15, -0.1) is 0 Å². The highest BCUT2D eigenvalue weighted by Gasteiger charge is 2.26. The molecular formula is C21H21N3O5. The summed E-state index contributed by atoms with van der Waals surface area (Å²) in [4.78, 5) is 40.7. The molecule has 3 aromatic rings. The van der Waals surface area contributed by atoms with E-state index in [2.05, 4.69) is 0 Å². The van der Waals surface area contributed by atoms with Crippen LogP contribution in [0.2, 0.25) is 0 Å². The first-order chi connectivity index (χ1) is 14.1. The van der Waals surface area contributed by atoms with Crippen LogP contribution < -0.4 is 0 Å². The highest BCUT2D eigenvalue weighted by atomic mass is 16.5. The zero-order valence-electron chi connectivity index (χ0n) is 16.0. The number of ether oxygens (including phenoxy) is 1. The van der Waals surface area contributed by atoms with Gasteiger partial charge >= 0.3 is 5.97 Å². The second kappa shape index (κ2) is 7.83. The van der Waals surface area contributed by atoms with Crippen LogP contribution in [0.15, 0.2) is 53.3 Å². The third-order valence-corrected chi connectivity index (χ3v) is 5.15. The molecule has 1 aromatic carbocycles. The Balaban J connectivity index is 1.44. The molecule has 0 unspecified atom stereocenters. The molecule has 0 atom stereocenters. The fourth-order valence-electron chi connectivity index (χ4n) is 3.61. The van der Waals surface area contributed by atoms with Gasteiger partial charge in [0.05, 0.1) is 18.9 Å². The van der Waals surface area contributed by atoms with E-state index in [1.807, 2.05) is 24.3 Å². The second-order valence-electron chi connectivity index (χ2n) is 6.83. The zero-order valence-corrected chi connectivity index (χ0v) is 16.0. The van der Waals surface area contributed by atoms with Crippen molar-refractivity contribution in [2.45, 2.75) is 6.54 Å². The van der Waals surface area contributed by atoms with Gasteiger partial charge in [-0.25, -0.2) is 4.79 Å². The van der Waals surface area contributed by atoms with Gasteiger partial charge in [-0.1, -0.05) is 18.2 Å². The van der Waals surface area contributed by atoms with E-state index >= 15 is 0 Å². The molecule has 29 heavy (non-hydrogen) atoms. The van der Waals surface area contributed by atoms with Crippen LogP contribution in [-0.4, -0.2) is 65.4 Å². The van der Waals surface area contributed by atoms with E-state index in [1.54, 1.807) is 32.7 Å². The number of piperazine rings is 1. The summed E-state index contributed by atoms with van der Waals surface area (Å²) in [5.41, 5.74) is 1.23. The van der Waals surface area contributed by atoms with Gasteiger partial charge in [0.1, 0.15) is 6.54 Å². The van der Waals surface area contributed by atoms with Gasteiger partial charge in [0.25, 0.3) is 5.91 Å². The van der Waals surface area contributed by atoms with E-state index < -0.39 is 5.97 Å². The Bertz CT molecular complexity index is 1050. The first kappa shape index (κ1) is 18.8. The van der Waals surface area contributed by atoms with Crippen molar-refractivity contribution in [3.8, 4) is 0 Å². The average molecular weight is 395 g/mol. The highest BCUT2D eigenvalue weighted by Crippen LogP contribution is 2.22. The van der Waals surface area contributed by atoms with Crippen LogP contribution in [-0.2, 0) is 16.1 Å². The number of hydrogen-bond donors (Lipinski definition) is 0. The summed E-state index contributed by atoms with van der Waals surface area (Å²) in [5.74, 6) is -0.357. The molecule has 4 rings (SSSR count). The summed E-state index contributed by atoms with van der Waals surface area (Å²) in [5, 5.41) is 0.751. The van der Waals surface area contributed by atoms with Crippen LogP contribution in [0.5, 0.6) is 0 Å². The van der Waals surface area contributed by atoms with Gasteiger partial charge < -0.3 is 23.5 Å². The summed E-state index contributed by atoms with van der Waals surface area (Å²) >= 11 is 0. The van der Waals surface area contributed by atoms with Crippen molar-refractivity contribution in [2.75, 3.05) is 33.3 Å². The number of amides is 2. The van der Waals surface area contributed by atoms with Crippen LogP contribution in [0, 0.1) is 0 Å². The molecule has 150 valence electrons. The monoisotopic (exact) mass is 395 g/mol. The van der Waals surface area contributed by atoms with Crippen molar-refractivity contribution in [3.05, 3.63) is 60.2 Å². The maximum atomic E-state index is 12.8. The number of rotatable bonds is 4. The van der Waals surface area contributed by atoms with Crippen LogP contribution >= 0.6 is 0 Å². The van der Waals surface area contributed by atoms with Crippen LogP contribution in [0.25, 0.3) is 10.9 Å².